The molecule has 3 fully saturated rings. The summed E-state index contributed by atoms with van der Waals surface area (Å²) in [7, 11) is 2.77. The summed E-state index contributed by atoms with van der Waals surface area (Å²) in [6.07, 6.45) is 5.62. The Morgan fingerprint density at radius 3 is 2.58 bits per heavy atom. The molecule has 67 heavy (non-hydrogen) atoms. The minimum absolute atomic E-state index is 0.00571. The molecule has 0 unspecified atom stereocenters. The fraction of sp³-hybridized carbons (Fsp3) is 0.549. The molecule has 0 aromatic heterocycles. The quantitative estimate of drug-likeness (QED) is 0.129. The second-order valence-corrected chi connectivity index (χ2v) is 22.7. The molecule has 8 aliphatic rings. The molecular weight excluding hydrogens is 897 g/mol. The van der Waals surface area contributed by atoms with Gasteiger partial charge in [0.2, 0.25) is 6.29 Å². The third kappa shape index (κ3) is 7.47. The van der Waals surface area contributed by atoms with Crippen molar-refractivity contribution in [2.75, 3.05) is 25.6 Å². The SMILES string of the molecule is O=C[C@H]1CCC[C@]12C[C@H]1CCC3=C4C=C(NCSS[C@@H](CCCO)[C@]56C(=O)c7c(cccc7C(=O)[C@H]5C=C(Cc5cccc(CO)c5)C=C6O)O[C@@H]5O[C@H](CO)[C@@H](O)[C@@](O)(C[C@]41C2)[C@H]5O)NC3. The Bertz CT molecular complexity index is 2460. The van der Waals surface area contributed by atoms with E-state index >= 15 is 9.59 Å². The summed E-state index contributed by atoms with van der Waals surface area (Å²) in [6, 6.07) is 11.9. The summed E-state index contributed by atoms with van der Waals surface area (Å²) >= 11 is 0. The Balaban J connectivity index is 1.12. The lowest BCUT2D eigenvalue weighted by molar-refractivity contribution is -0.320. The predicted molar refractivity (Wildman–Crippen MR) is 250 cm³/mol. The number of fused-ring (bicyclic) bond motifs is 2. The Kier molecular flexibility index (Phi) is 12.6. The molecule has 2 aromatic rings. The van der Waals surface area contributed by atoms with E-state index in [1.165, 1.54) is 39.8 Å². The maximum Gasteiger partial charge on any atom is 0.229 e. The molecule has 14 nitrogen and oxygen atoms in total. The van der Waals surface area contributed by atoms with Crippen LogP contribution in [-0.2, 0) is 22.6 Å². The molecular formula is C51H60N2O12S2. The summed E-state index contributed by atoms with van der Waals surface area (Å²) in [4.78, 5) is 43.7. The lowest BCUT2D eigenvalue weighted by Gasteiger charge is -2.54. The largest absolute Gasteiger partial charge is 0.511 e. The molecule has 0 radical (unpaired) electrons. The first-order valence-corrected chi connectivity index (χ1v) is 26.0. The van der Waals surface area contributed by atoms with Gasteiger partial charge < -0.3 is 60.6 Å². The van der Waals surface area contributed by atoms with Crippen LogP contribution in [0.5, 0.6) is 5.75 Å². The van der Waals surface area contributed by atoms with Crippen molar-refractivity contribution in [1.82, 2.24) is 10.6 Å². The fourth-order valence-electron chi connectivity index (χ4n) is 13.7. The van der Waals surface area contributed by atoms with E-state index in [0.29, 0.717) is 42.2 Å². The first-order valence-electron chi connectivity index (χ1n) is 23.7. The number of hydrogen-bond donors (Lipinski definition) is 9. The van der Waals surface area contributed by atoms with Gasteiger partial charge in [-0.15, -0.1) is 0 Å². The van der Waals surface area contributed by atoms with Crippen LogP contribution < -0.4 is 15.4 Å². The molecule has 0 amide bonds. The highest BCUT2D eigenvalue weighted by molar-refractivity contribution is 8.76. The average molecular weight is 957 g/mol. The van der Waals surface area contributed by atoms with E-state index in [1.807, 2.05) is 18.2 Å². The standard InChI is InChI=1S/C51H60N2O12S2/c54-14-4-10-40-51-36(17-30(18-39(51)58)16-28-5-1-6-29(15-28)22-55)43(59)34-8-2-9-37(42(34)45(51)61)64-47-46(62)50(63,44(60)38(24-57)65-47)26-49-25-48(13-3-7-33(48)23-56)20-32(49)12-11-31-21-52-41(19-35(31)49)53-27-66-67-40/h1-2,5-6,8-9,15,17-19,23,32-33,36,38,40,44,46-47,52-55,57-58,60,62-63H,3-4,7,10-14,16,20-22,24-27H2/t32-,33-,36-,38-,40+,44-,46+,47-,48-,49+,50+,51+/m1/s1. The van der Waals surface area contributed by atoms with Crippen LogP contribution in [0.4, 0.5) is 0 Å². The minimum Gasteiger partial charge on any atom is -0.511 e. The van der Waals surface area contributed by atoms with Crippen molar-refractivity contribution in [3.8, 4) is 5.75 Å². The van der Waals surface area contributed by atoms with Crippen LogP contribution in [0, 0.1) is 34.0 Å². The van der Waals surface area contributed by atoms with Gasteiger partial charge in [-0.1, -0.05) is 70.5 Å². The molecule has 12 atom stereocenters. The average Bonchev–Trinajstić information content (AvgIpc) is 3.89. The van der Waals surface area contributed by atoms with E-state index in [0.717, 1.165) is 61.5 Å². The smallest absolute Gasteiger partial charge is 0.229 e. The Morgan fingerprint density at radius 2 is 1.79 bits per heavy atom. The molecule has 3 spiro atoms. The number of carbonyl (C=O) groups is 3. The van der Waals surface area contributed by atoms with Gasteiger partial charge in [0.15, 0.2) is 11.6 Å². The summed E-state index contributed by atoms with van der Waals surface area (Å²) in [5, 5.41) is 87.3. The van der Waals surface area contributed by atoms with E-state index in [2.05, 4.69) is 16.7 Å². The van der Waals surface area contributed by atoms with Crippen LogP contribution in [0.25, 0.3) is 0 Å². The van der Waals surface area contributed by atoms with Crippen LogP contribution in [0.2, 0.25) is 0 Å². The van der Waals surface area contributed by atoms with E-state index in [9.17, 15) is 40.5 Å². The Morgan fingerprint density at radius 1 is 0.970 bits per heavy atom. The second kappa shape index (κ2) is 18.1. The number of aliphatic hydroxyl groups is 7. The topological polar surface area (TPSA) is 235 Å². The lowest BCUT2D eigenvalue weighted by Crippen LogP contribution is -2.69. The molecule has 2 aromatic carbocycles. The maximum atomic E-state index is 15.8. The van der Waals surface area contributed by atoms with Gasteiger partial charge in [0, 0.05) is 35.3 Å². The summed E-state index contributed by atoms with van der Waals surface area (Å²) < 4.78 is 12.6. The van der Waals surface area contributed by atoms with Crippen molar-refractivity contribution < 1.29 is 59.6 Å². The molecule has 1 saturated heterocycles. The Hall–Kier alpha value is -3.97. The van der Waals surface area contributed by atoms with E-state index in [4.69, 9.17) is 9.47 Å². The van der Waals surface area contributed by atoms with Crippen LogP contribution in [0.15, 0.2) is 89.0 Å². The van der Waals surface area contributed by atoms with Crippen molar-refractivity contribution in [2.45, 2.75) is 113 Å². The van der Waals surface area contributed by atoms with E-state index in [-0.39, 0.29) is 72.4 Å². The van der Waals surface area contributed by atoms with Crippen LogP contribution >= 0.6 is 21.6 Å². The van der Waals surface area contributed by atoms with Crippen LogP contribution in [-0.4, -0.2) is 115 Å². The molecule has 16 heteroatoms. The number of Topliss-reactive ketones (excluding diaryl/α,β-unsaturated/α-hetero) is 2. The highest BCUT2D eigenvalue weighted by Crippen LogP contribution is 2.70. The summed E-state index contributed by atoms with van der Waals surface area (Å²) in [5.74, 6) is -1.85. The van der Waals surface area contributed by atoms with Gasteiger partial charge in [-0.3, -0.25) is 9.59 Å². The molecule has 5 aliphatic carbocycles. The molecule has 10 rings (SSSR count). The molecule has 358 valence electrons. The third-order valence-electron chi connectivity index (χ3n) is 16.7. The van der Waals surface area contributed by atoms with Crippen molar-refractivity contribution in [2.24, 2.45) is 34.0 Å². The van der Waals surface area contributed by atoms with Gasteiger partial charge in [-0.2, -0.15) is 0 Å². The number of nitrogens with one attached hydrogen (secondary N) is 2. The fourth-order valence-corrected chi connectivity index (χ4v) is 16.5. The normalized spacial score (nSPS) is 38.0. The van der Waals surface area contributed by atoms with Gasteiger partial charge >= 0.3 is 0 Å². The number of ether oxygens (including phenoxy) is 2. The van der Waals surface area contributed by atoms with Gasteiger partial charge in [-0.25, -0.2) is 0 Å². The molecule has 3 heterocycles. The number of aliphatic hydroxyl groups excluding tert-OH is 6. The van der Waals surface area contributed by atoms with Crippen molar-refractivity contribution in [1.29, 1.82) is 0 Å². The number of aldehydes is 1. The van der Waals surface area contributed by atoms with Gasteiger partial charge in [-0.05, 0) is 122 Å². The number of hydrogen-bond acceptors (Lipinski definition) is 16. The monoisotopic (exact) mass is 956 g/mol. The van der Waals surface area contributed by atoms with E-state index < -0.39 is 70.4 Å². The number of dihydropyridines is 1. The molecule has 3 aliphatic heterocycles. The summed E-state index contributed by atoms with van der Waals surface area (Å²) in [6.45, 7) is -0.599. The number of rotatable bonds is 8. The van der Waals surface area contributed by atoms with Gasteiger partial charge in [0.25, 0.3) is 0 Å². The number of carbonyl (C=O) groups excluding carboxylic acids is 3. The maximum absolute atomic E-state index is 15.8. The predicted octanol–water partition coefficient (Wildman–Crippen LogP) is 4.72. The van der Waals surface area contributed by atoms with Gasteiger partial charge in [0.05, 0.1) is 36.4 Å². The first-order chi connectivity index (χ1) is 32.3. The van der Waals surface area contributed by atoms with Crippen molar-refractivity contribution in [3.05, 3.63) is 111 Å². The van der Waals surface area contributed by atoms with Crippen molar-refractivity contribution >= 4 is 39.4 Å². The highest BCUT2D eigenvalue weighted by Gasteiger charge is 2.67. The van der Waals surface area contributed by atoms with Crippen molar-refractivity contribution in [3.63, 3.8) is 0 Å². The van der Waals surface area contributed by atoms with E-state index in [1.54, 1.807) is 18.2 Å². The number of benzene rings is 2. The molecule has 6 bridgehead atoms. The zero-order valence-corrected chi connectivity index (χ0v) is 38.9. The second-order valence-electron chi connectivity index (χ2n) is 20.1. The zero-order chi connectivity index (χ0) is 46.9. The lowest BCUT2D eigenvalue weighted by atomic mass is 9.57. The molecule has 2 saturated carbocycles. The van der Waals surface area contributed by atoms with Crippen LogP contribution in [0.1, 0.15) is 96.1 Å². The minimum atomic E-state index is -2.34. The highest BCUT2D eigenvalue weighted by atomic mass is 33.1. The zero-order valence-electron chi connectivity index (χ0n) is 37.3. The van der Waals surface area contributed by atoms with Gasteiger partial charge in [0.1, 0.15) is 47.1 Å². The molecule has 9 N–H and O–H groups in total. The summed E-state index contributed by atoms with van der Waals surface area (Å²) in [5.41, 5.74) is -1.18. The number of ketones is 2. The third-order valence-corrected chi connectivity index (χ3v) is 19.4. The first kappa shape index (κ1) is 46.7. The van der Waals surface area contributed by atoms with Crippen LogP contribution in [0.3, 0.4) is 0 Å². The Labute approximate surface area is 397 Å². The number of allylic oxidation sites excluding steroid dienone is 6.